The molecule has 1 N–H and O–H groups in total. The Balaban J connectivity index is 1.67. The number of fused-ring (bicyclic) bond motifs is 1. The van der Waals surface area contributed by atoms with Gasteiger partial charge in [0, 0.05) is 11.3 Å². The number of anilines is 1. The molecule has 0 fully saturated rings. The minimum absolute atomic E-state index is 0.271. The summed E-state index contributed by atoms with van der Waals surface area (Å²) in [5, 5.41) is 2.97. The molecule has 1 aliphatic rings. The minimum Gasteiger partial charge on any atom is -0.494 e. The molecule has 4 aromatic rings. The van der Waals surface area contributed by atoms with Crippen LogP contribution in [0.1, 0.15) is 31.0 Å². The highest BCUT2D eigenvalue weighted by atomic mass is 32.1. The second-order valence-corrected chi connectivity index (χ2v) is 10.4. The highest BCUT2D eigenvalue weighted by Crippen LogP contribution is 2.33. The molecule has 1 amide bonds. The number of aromatic nitrogens is 1. The zero-order valence-corrected chi connectivity index (χ0v) is 24.4. The molecule has 2 heterocycles. The Kier molecular flexibility index (Phi) is 8.68. The summed E-state index contributed by atoms with van der Waals surface area (Å²) in [6, 6.07) is 21.4. The Morgan fingerprint density at radius 2 is 1.83 bits per heavy atom. The van der Waals surface area contributed by atoms with Crippen LogP contribution in [0.3, 0.4) is 0 Å². The second-order valence-electron chi connectivity index (χ2n) is 9.38. The van der Waals surface area contributed by atoms with Crippen molar-refractivity contribution in [1.82, 2.24) is 4.57 Å². The number of allylic oxidation sites excluding steroid dienone is 1. The van der Waals surface area contributed by atoms with Crippen molar-refractivity contribution in [3.05, 3.63) is 128 Å². The summed E-state index contributed by atoms with van der Waals surface area (Å²) in [4.78, 5) is 33.1. The predicted octanol–water partition coefficient (Wildman–Crippen LogP) is 4.85. The first-order chi connectivity index (χ1) is 20.4. The van der Waals surface area contributed by atoms with E-state index in [1.807, 2.05) is 73.7 Å². The molecule has 0 saturated heterocycles. The van der Waals surface area contributed by atoms with E-state index < -0.39 is 6.04 Å². The molecule has 42 heavy (non-hydrogen) atoms. The smallest absolute Gasteiger partial charge is 0.271 e. The number of rotatable bonds is 10. The van der Waals surface area contributed by atoms with E-state index in [9.17, 15) is 9.59 Å². The molecule has 5 rings (SSSR count). The van der Waals surface area contributed by atoms with Gasteiger partial charge in [-0.1, -0.05) is 66.5 Å². The van der Waals surface area contributed by atoms with Crippen LogP contribution in [0.2, 0.25) is 0 Å². The maximum absolute atomic E-state index is 14.1. The van der Waals surface area contributed by atoms with Crippen LogP contribution in [-0.4, -0.2) is 30.8 Å². The summed E-state index contributed by atoms with van der Waals surface area (Å²) in [5.41, 5.74) is 2.74. The largest absolute Gasteiger partial charge is 0.494 e. The summed E-state index contributed by atoms with van der Waals surface area (Å²) in [6.45, 7) is 8.24. The number of methoxy groups -OCH3 is 1. The number of nitrogens with one attached hydrogen (secondary N) is 1. The topological polar surface area (TPSA) is 91.2 Å². The van der Waals surface area contributed by atoms with Gasteiger partial charge in [0.05, 0.1) is 35.6 Å². The molecule has 1 aromatic heterocycles. The quantitative estimate of drug-likeness (QED) is 0.271. The fourth-order valence-corrected chi connectivity index (χ4v) is 5.84. The van der Waals surface area contributed by atoms with E-state index in [0.29, 0.717) is 55.7 Å². The fraction of sp³-hybridized carbons (Fsp3) is 0.182. The molecule has 0 bridgehead atoms. The SMILES string of the molecule is C=CCOc1c(/C=c2\sc3n(c2=O)[C@@H](c2ccc(OCC)cc2)C(C(=O)Nc2ccccc2)=C(C)N=3)cccc1OC. The van der Waals surface area contributed by atoms with Crippen molar-refractivity contribution in [3.63, 3.8) is 0 Å². The van der Waals surface area contributed by atoms with Gasteiger partial charge in [0.1, 0.15) is 12.4 Å². The van der Waals surface area contributed by atoms with Gasteiger partial charge in [-0.2, -0.15) is 0 Å². The van der Waals surface area contributed by atoms with Crippen LogP contribution < -0.4 is 34.4 Å². The average molecular weight is 582 g/mol. The van der Waals surface area contributed by atoms with Gasteiger partial charge in [-0.15, -0.1) is 0 Å². The Bertz CT molecular complexity index is 1820. The molecule has 1 aliphatic heterocycles. The number of benzene rings is 3. The van der Waals surface area contributed by atoms with Gasteiger partial charge in [0.15, 0.2) is 16.3 Å². The van der Waals surface area contributed by atoms with Crippen molar-refractivity contribution >= 4 is 29.0 Å². The Labute approximate surface area is 247 Å². The number of carbonyl (C=O) groups excluding carboxylic acids is 1. The molecule has 0 unspecified atom stereocenters. The van der Waals surface area contributed by atoms with Crippen molar-refractivity contribution in [2.45, 2.75) is 19.9 Å². The van der Waals surface area contributed by atoms with Crippen molar-refractivity contribution in [2.24, 2.45) is 4.99 Å². The van der Waals surface area contributed by atoms with Crippen molar-refractivity contribution in [2.75, 3.05) is 25.6 Å². The summed E-state index contributed by atoms with van der Waals surface area (Å²) in [7, 11) is 1.56. The standard InChI is InChI=1S/C33H31N3O5S/c1-5-19-41-30-23(11-10-14-26(30)39-4)20-27-32(38)36-29(22-15-17-25(18-16-22)40-6-2)28(21(3)34-33(36)42-27)31(37)35-24-12-8-7-9-13-24/h5,7-18,20,29H,1,6,19H2,2-4H3,(H,35,37)/b27-20-/t29-/m0/s1. The van der Waals surface area contributed by atoms with Crippen LogP contribution in [0.15, 0.2) is 107 Å². The lowest BCUT2D eigenvalue weighted by atomic mass is 9.95. The molecule has 0 spiro atoms. The maximum Gasteiger partial charge on any atom is 0.271 e. The molecule has 9 heteroatoms. The number of amides is 1. The Morgan fingerprint density at radius 3 is 2.52 bits per heavy atom. The maximum atomic E-state index is 14.1. The van der Waals surface area contributed by atoms with E-state index in [1.165, 1.54) is 11.3 Å². The van der Waals surface area contributed by atoms with Crippen molar-refractivity contribution in [3.8, 4) is 17.2 Å². The fourth-order valence-electron chi connectivity index (χ4n) is 4.81. The molecule has 0 aliphatic carbocycles. The highest BCUT2D eigenvalue weighted by Gasteiger charge is 2.32. The molecule has 1 atom stereocenters. The number of ether oxygens (including phenoxy) is 3. The van der Waals surface area contributed by atoms with Gasteiger partial charge in [-0.3, -0.25) is 14.2 Å². The summed E-state index contributed by atoms with van der Waals surface area (Å²) < 4.78 is 19.1. The lowest BCUT2D eigenvalue weighted by molar-refractivity contribution is -0.113. The average Bonchev–Trinajstić information content (AvgIpc) is 3.30. The van der Waals surface area contributed by atoms with Crippen LogP contribution in [-0.2, 0) is 4.79 Å². The van der Waals surface area contributed by atoms with Gasteiger partial charge in [-0.05, 0) is 55.8 Å². The molecule has 0 radical (unpaired) electrons. The molecule has 3 aromatic carbocycles. The summed E-state index contributed by atoms with van der Waals surface area (Å²) >= 11 is 1.26. The molecule has 0 saturated carbocycles. The number of carbonyl (C=O) groups is 1. The summed E-state index contributed by atoms with van der Waals surface area (Å²) in [5.74, 6) is 1.42. The number of nitrogens with zero attached hydrogens (tertiary/aromatic N) is 2. The van der Waals surface area contributed by atoms with E-state index in [-0.39, 0.29) is 18.1 Å². The van der Waals surface area contributed by atoms with Gasteiger partial charge >= 0.3 is 0 Å². The Morgan fingerprint density at radius 1 is 1.07 bits per heavy atom. The monoisotopic (exact) mass is 581 g/mol. The van der Waals surface area contributed by atoms with Crippen LogP contribution in [0, 0.1) is 0 Å². The zero-order valence-electron chi connectivity index (χ0n) is 23.6. The van der Waals surface area contributed by atoms with Crippen molar-refractivity contribution < 1.29 is 19.0 Å². The minimum atomic E-state index is -0.704. The molecular formula is C33H31N3O5S. The van der Waals surface area contributed by atoms with E-state index in [0.717, 1.165) is 5.56 Å². The zero-order chi connectivity index (χ0) is 29.6. The number of hydrogen-bond donors (Lipinski definition) is 1. The molecule has 8 nitrogen and oxygen atoms in total. The lowest BCUT2D eigenvalue weighted by Gasteiger charge is -2.25. The normalized spacial score (nSPS) is 14.5. The highest BCUT2D eigenvalue weighted by molar-refractivity contribution is 7.07. The van der Waals surface area contributed by atoms with Gasteiger partial charge in [-0.25, -0.2) is 4.99 Å². The van der Waals surface area contributed by atoms with E-state index in [1.54, 1.807) is 36.8 Å². The van der Waals surface area contributed by atoms with Crippen LogP contribution in [0.4, 0.5) is 5.69 Å². The number of thiazole rings is 1. The molecular weight excluding hydrogens is 550 g/mol. The van der Waals surface area contributed by atoms with E-state index in [2.05, 4.69) is 11.9 Å². The van der Waals surface area contributed by atoms with E-state index in [4.69, 9.17) is 19.2 Å². The van der Waals surface area contributed by atoms with Crippen LogP contribution in [0.5, 0.6) is 17.2 Å². The third-order valence-electron chi connectivity index (χ3n) is 6.67. The second kappa shape index (κ2) is 12.7. The van der Waals surface area contributed by atoms with Gasteiger partial charge in [0.2, 0.25) is 0 Å². The van der Waals surface area contributed by atoms with Gasteiger partial charge < -0.3 is 19.5 Å². The van der Waals surface area contributed by atoms with Crippen LogP contribution >= 0.6 is 11.3 Å². The third-order valence-corrected chi connectivity index (χ3v) is 7.65. The first-order valence-corrected chi connectivity index (χ1v) is 14.3. The van der Waals surface area contributed by atoms with Crippen molar-refractivity contribution in [1.29, 1.82) is 0 Å². The number of hydrogen-bond acceptors (Lipinski definition) is 7. The summed E-state index contributed by atoms with van der Waals surface area (Å²) in [6.07, 6.45) is 3.41. The number of para-hydroxylation sites is 2. The third kappa shape index (κ3) is 5.77. The first-order valence-electron chi connectivity index (χ1n) is 13.5. The van der Waals surface area contributed by atoms with Gasteiger partial charge in [0.25, 0.3) is 11.5 Å². The van der Waals surface area contributed by atoms with Crippen LogP contribution in [0.25, 0.3) is 6.08 Å². The Hall–Kier alpha value is -4.89. The lowest BCUT2D eigenvalue weighted by Crippen LogP contribution is -2.40. The molecule has 214 valence electrons. The first kappa shape index (κ1) is 28.6. The van der Waals surface area contributed by atoms with E-state index >= 15 is 0 Å². The predicted molar refractivity (Wildman–Crippen MR) is 165 cm³/mol.